The molecule has 108 valence electrons. The molecule has 0 spiro atoms. The second-order valence-corrected chi connectivity index (χ2v) is 5.73. The lowest BCUT2D eigenvalue weighted by Gasteiger charge is -2.23. The van der Waals surface area contributed by atoms with Gasteiger partial charge in [0, 0.05) is 31.7 Å². The second-order valence-electron chi connectivity index (χ2n) is 4.58. The van der Waals surface area contributed by atoms with Gasteiger partial charge in [0.25, 0.3) is 0 Å². The number of imide groups is 1. The maximum atomic E-state index is 11.8. The smallest absolute Gasteiger partial charge is 0.324 e. The third-order valence-corrected chi connectivity index (χ3v) is 4.21. The summed E-state index contributed by atoms with van der Waals surface area (Å²) in [7, 11) is 1.70. The maximum absolute atomic E-state index is 11.8. The van der Waals surface area contributed by atoms with Gasteiger partial charge in [-0.1, -0.05) is 0 Å². The fourth-order valence-electron chi connectivity index (χ4n) is 1.83. The van der Waals surface area contributed by atoms with Crippen molar-refractivity contribution in [3.63, 3.8) is 0 Å². The largest absolute Gasteiger partial charge is 0.481 e. The van der Waals surface area contributed by atoms with Gasteiger partial charge in [-0.25, -0.2) is 4.79 Å². The molecule has 6 nitrogen and oxygen atoms in total. The third-order valence-electron chi connectivity index (χ3n) is 3.06. The van der Waals surface area contributed by atoms with Crippen molar-refractivity contribution >= 4 is 29.7 Å². The van der Waals surface area contributed by atoms with E-state index in [0.29, 0.717) is 12.8 Å². The highest BCUT2D eigenvalue weighted by molar-refractivity contribution is 7.99. The number of hydrogen-bond donors (Lipinski definition) is 2. The molecule has 1 saturated heterocycles. The standard InChI is InChI=1S/C12H20N2O4S/c1-14(9-6-7-19-8-9)12(18)13-10(15)4-2-3-5-11(16)17/h9H,2-8H2,1H3,(H,16,17)(H,13,15,18). The van der Waals surface area contributed by atoms with Gasteiger partial charge in [0.05, 0.1) is 0 Å². The van der Waals surface area contributed by atoms with Gasteiger partial charge in [-0.3, -0.25) is 14.9 Å². The fourth-order valence-corrected chi connectivity index (χ4v) is 3.09. The zero-order valence-electron chi connectivity index (χ0n) is 11.1. The van der Waals surface area contributed by atoms with Crippen LogP contribution in [0.5, 0.6) is 0 Å². The van der Waals surface area contributed by atoms with Gasteiger partial charge < -0.3 is 10.0 Å². The van der Waals surface area contributed by atoms with Crippen molar-refractivity contribution < 1.29 is 19.5 Å². The summed E-state index contributed by atoms with van der Waals surface area (Å²) in [6.45, 7) is 0. The van der Waals surface area contributed by atoms with E-state index in [0.717, 1.165) is 17.9 Å². The topological polar surface area (TPSA) is 86.7 Å². The number of amides is 3. The molecular weight excluding hydrogens is 268 g/mol. The zero-order valence-corrected chi connectivity index (χ0v) is 11.9. The summed E-state index contributed by atoms with van der Waals surface area (Å²) >= 11 is 1.80. The summed E-state index contributed by atoms with van der Waals surface area (Å²) in [5, 5.41) is 10.8. The first-order chi connectivity index (χ1) is 9.00. The molecule has 1 fully saturated rings. The number of nitrogens with zero attached hydrogens (tertiary/aromatic N) is 1. The maximum Gasteiger partial charge on any atom is 0.324 e. The van der Waals surface area contributed by atoms with Crippen molar-refractivity contribution in [3.8, 4) is 0 Å². The Labute approximate surface area is 116 Å². The van der Waals surface area contributed by atoms with Crippen LogP contribution in [0.25, 0.3) is 0 Å². The number of carbonyl (C=O) groups is 3. The van der Waals surface area contributed by atoms with Crippen LogP contribution < -0.4 is 5.32 Å². The van der Waals surface area contributed by atoms with Gasteiger partial charge in [0.15, 0.2) is 0 Å². The average Bonchev–Trinajstić information content (AvgIpc) is 2.87. The van der Waals surface area contributed by atoms with Gasteiger partial charge >= 0.3 is 12.0 Å². The number of urea groups is 1. The Balaban J connectivity index is 2.19. The van der Waals surface area contributed by atoms with Crippen LogP contribution >= 0.6 is 11.8 Å². The Morgan fingerprint density at radius 3 is 2.58 bits per heavy atom. The number of aliphatic carboxylic acids is 1. The summed E-state index contributed by atoms with van der Waals surface area (Å²) in [6.07, 6.45) is 2.13. The van der Waals surface area contributed by atoms with Crippen molar-refractivity contribution in [2.75, 3.05) is 18.6 Å². The Morgan fingerprint density at radius 2 is 2.00 bits per heavy atom. The van der Waals surface area contributed by atoms with E-state index in [9.17, 15) is 14.4 Å². The highest BCUT2D eigenvalue weighted by Gasteiger charge is 2.24. The van der Waals surface area contributed by atoms with Crippen LogP contribution in [-0.4, -0.2) is 52.5 Å². The van der Waals surface area contributed by atoms with Crippen molar-refractivity contribution in [3.05, 3.63) is 0 Å². The Kier molecular flexibility index (Phi) is 6.69. The Morgan fingerprint density at radius 1 is 1.32 bits per heavy atom. The summed E-state index contributed by atoms with van der Waals surface area (Å²) < 4.78 is 0. The first kappa shape index (κ1) is 15.8. The lowest BCUT2D eigenvalue weighted by Crippen LogP contribution is -2.45. The molecule has 1 heterocycles. The lowest BCUT2D eigenvalue weighted by molar-refractivity contribution is -0.137. The van der Waals surface area contributed by atoms with Crippen molar-refractivity contribution in [2.24, 2.45) is 0 Å². The molecule has 0 saturated carbocycles. The van der Waals surface area contributed by atoms with Gasteiger partial charge in [-0.05, 0) is 25.0 Å². The van der Waals surface area contributed by atoms with Crippen LogP contribution in [0, 0.1) is 0 Å². The quantitative estimate of drug-likeness (QED) is 0.720. The van der Waals surface area contributed by atoms with Crippen LogP contribution in [0.3, 0.4) is 0 Å². The third kappa shape index (κ3) is 5.96. The molecule has 19 heavy (non-hydrogen) atoms. The molecule has 3 amide bonds. The fraction of sp³-hybridized carbons (Fsp3) is 0.750. The molecule has 1 atom stereocenters. The summed E-state index contributed by atoms with van der Waals surface area (Å²) in [5.74, 6) is 0.755. The number of carbonyl (C=O) groups excluding carboxylic acids is 2. The van der Waals surface area contributed by atoms with Gasteiger partial charge in [-0.2, -0.15) is 11.8 Å². The normalized spacial score (nSPS) is 18.1. The van der Waals surface area contributed by atoms with E-state index < -0.39 is 5.97 Å². The summed E-state index contributed by atoms with van der Waals surface area (Å²) in [5.41, 5.74) is 0. The van der Waals surface area contributed by atoms with E-state index in [1.807, 2.05) is 0 Å². The molecule has 0 aromatic heterocycles. The van der Waals surface area contributed by atoms with Gasteiger partial charge in [0.2, 0.25) is 5.91 Å². The Bertz CT molecular complexity index is 343. The minimum atomic E-state index is -0.866. The molecule has 1 unspecified atom stereocenters. The van der Waals surface area contributed by atoms with E-state index in [4.69, 9.17) is 5.11 Å². The van der Waals surface area contributed by atoms with E-state index in [2.05, 4.69) is 5.32 Å². The number of rotatable bonds is 6. The molecule has 0 aromatic rings. The second kappa shape index (κ2) is 8.04. The van der Waals surface area contributed by atoms with Crippen LogP contribution in [0.1, 0.15) is 32.1 Å². The van der Waals surface area contributed by atoms with E-state index in [-0.39, 0.29) is 30.8 Å². The van der Waals surface area contributed by atoms with Crippen molar-refractivity contribution in [1.82, 2.24) is 10.2 Å². The molecule has 1 aliphatic rings. The molecule has 7 heteroatoms. The number of carboxylic acid groups (broad SMARTS) is 1. The predicted octanol–water partition coefficient (Wildman–Crippen LogP) is 1.30. The first-order valence-corrected chi connectivity index (χ1v) is 7.52. The molecular formula is C12H20N2O4S. The molecule has 0 radical (unpaired) electrons. The molecule has 1 aliphatic heterocycles. The minimum Gasteiger partial charge on any atom is -0.481 e. The molecule has 0 aliphatic carbocycles. The van der Waals surface area contributed by atoms with Gasteiger partial charge in [-0.15, -0.1) is 0 Å². The monoisotopic (exact) mass is 288 g/mol. The van der Waals surface area contributed by atoms with E-state index in [1.54, 1.807) is 23.7 Å². The molecule has 0 bridgehead atoms. The van der Waals surface area contributed by atoms with Crippen molar-refractivity contribution in [1.29, 1.82) is 0 Å². The van der Waals surface area contributed by atoms with Crippen molar-refractivity contribution in [2.45, 2.75) is 38.1 Å². The highest BCUT2D eigenvalue weighted by atomic mass is 32.2. The Hall–Kier alpha value is -1.24. The average molecular weight is 288 g/mol. The number of nitrogens with one attached hydrogen (secondary N) is 1. The number of thioether (sulfide) groups is 1. The van der Waals surface area contributed by atoms with Crippen LogP contribution in [-0.2, 0) is 9.59 Å². The minimum absolute atomic E-state index is 0.0560. The van der Waals surface area contributed by atoms with Crippen LogP contribution in [0.15, 0.2) is 0 Å². The number of hydrogen-bond acceptors (Lipinski definition) is 4. The summed E-state index contributed by atoms with van der Waals surface area (Å²) in [6, 6.07) is -0.166. The molecule has 2 N–H and O–H groups in total. The lowest BCUT2D eigenvalue weighted by atomic mass is 10.2. The molecule has 1 rings (SSSR count). The van der Waals surface area contributed by atoms with Gasteiger partial charge in [0.1, 0.15) is 0 Å². The SMILES string of the molecule is CN(C(=O)NC(=O)CCCCC(=O)O)C1CCSC1. The predicted molar refractivity (Wildman–Crippen MR) is 73.1 cm³/mol. The zero-order chi connectivity index (χ0) is 14.3. The highest BCUT2D eigenvalue weighted by Crippen LogP contribution is 2.21. The molecule has 0 aromatic carbocycles. The van der Waals surface area contributed by atoms with Crippen LogP contribution in [0.2, 0.25) is 0 Å². The number of unbranched alkanes of at least 4 members (excludes halogenated alkanes) is 1. The summed E-state index contributed by atoms with van der Waals surface area (Å²) in [4.78, 5) is 35.2. The first-order valence-electron chi connectivity index (χ1n) is 6.37. The van der Waals surface area contributed by atoms with E-state index in [1.165, 1.54) is 0 Å². The number of carboxylic acids is 1. The van der Waals surface area contributed by atoms with Crippen LogP contribution in [0.4, 0.5) is 4.79 Å². The van der Waals surface area contributed by atoms with E-state index >= 15 is 0 Å².